The second-order valence-corrected chi connectivity index (χ2v) is 14.3. The van der Waals surface area contributed by atoms with E-state index < -0.39 is 0 Å². The van der Waals surface area contributed by atoms with Crippen LogP contribution >= 0.6 is 11.6 Å². The summed E-state index contributed by atoms with van der Waals surface area (Å²) in [4.78, 5) is 16.1. The third kappa shape index (κ3) is 8.39. The fourth-order valence-electron chi connectivity index (χ4n) is 7.46. The van der Waals surface area contributed by atoms with E-state index in [-0.39, 0.29) is 12.2 Å². The Kier molecular flexibility index (Phi) is 11.1. The van der Waals surface area contributed by atoms with Gasteiger partial charge in [0.05, 0.1) is 56.3 Å². The van der Waals surface area contributed by atoms with Crippen molar-refractivity contribution in [3.05, 3.63) is 54.5 Å². The average molecular weight is 706 g/mol. The minimum absolute atomic E-state index is 0.165. The molecular weight excluding hydrogens is 658 g/mol. The topological polar surface area (TPSA) is 127 Å². The number of anilines is 2. The lowest BCUT2D eigenvalue weighted by Gasteiger charge is -2.43. The van der Waals surface area contributed by atoms with Gasteiger partial charge < -0.3 is 24.3 Å². The minimum atomic E-state index is -0.165. The van der Waals surface area contributed by atoms with Crippen molar-refractivity contribution in [1.82, 2.24) is 39.4 Å². The van der Waals surface area contributed by atoms with Crippen molar-refractivity contribution in [3.63, 3.8) is 0 Å². The van der Waals surface area contributed by atoms with Crippen LogP contribution < -0.4 is 14.8 Å². The van der Waals surface area contributed by atoms with Crippen LogP contribution in [-0.4, -0.2) is 96.2 Å². The van der Waals surface area contributed by atoms with Gasteiger partial charge in [-0.05, 0) is 77.0 Å². The summed E-state index contributed by atoms with van der Waals surface area (Å²) in [5, 5.41) is 13.0. The normalized spacial score (nSPS) is 22.9. The summed E-state index contributed by atoms with van der Waals surface area (Å²) in [5.41, 5.74) is 2.48. The Hall–Kier alpha value is -3.78. The minimum Gasteiger partial charge on any atom is -0.487 e. The Morgan fingerprint density at radius 3 is 2.40 bits per heavy atom. The lowest BCUT2D eigenvalue weighted by atomic mass is 9.89. The zero-order valence-electron chi connectivity index (χ0n) is 29.2. The van der Waals surface area contributed by atoms with Crippen molar-refractivity contribution in [1.29, 1.82) is 0 Å². The van der Waals surface area contributed by atoms with Crippen molar-refractivity contribution in [3.8, 4) is 22.8 Å². The molecule has 1 aromatic carbocycles. The fraction of sp³-hybridized carbons (Fsp3) is 0.583. The van der Waals surface area contributed by atoms with Crippen LogP contribution in [0.4, 0.5) is 11.6 Å². The highest BCUT2D eigenvalue weighted by Crippen LogP contribution is 2.39. The molecule has 14 heteroatoms. The van der Waals surface area contributed by atoms with Crippen molar-refractivity contribution in [2.45, 2.75) is 109 Å². The largest absolute Gasteiger partial charge is 0.487 e. The van der Waals surface area contributed by atoms with Crippen LogP contribution in [0.25, 0.3) is 11.1 Å². The van der Waals surface area contributed by atoms with Gasteiger partial charge in [-0.25, -0.2) is 19.6 Å². The maximum Gasteiger partial charge on any atom is 0.256 e. The predicted molar refractivity (Wildman–Crippen MR) is 190 cm³/mol. The van der Waals surface area contributed by atoms with Crippen molar-refractivity contribution < 1.29 is 18.9 Å². The van der Waals surface area contributed by atoms with E-state index in [0.29, 0.717) is 66.5 Å². The molecule has 268 valence electrons. The van der Waals surface area contributed by atoms with Crippen LogP contribution in [0.15, 0.2) is 49.4 Å². The zero-order chi connectivity index (χ0) is 34.5. The molecule has 1 aliphatic carbocycles. The highest BCUT2D eigenvalue weighted by molar-refractivity contribution is 6.32. The number of fused-ring (bicyclic) bond motifs is 2. The molecule has 2 bridgehead atoms. The molecular formula is C36H48ClN9O4. The van der Waals surface area contributed by atoms with Gasteiger partial charge in [0.15, 0.2) is 0 Å². The standard InChI is InChI=1S/C36H48ClN9O4/c1-24(2)48-13-4-14-49-35-33(19-45(43-35)28-6-8-29(9-7-28)46-30-10-11-31(46)21-47-20-30)42-36-39-16-27(17-40-36)26-5-12-32(37)34(15-26)50-25(3)18-44-23-38-22-41-44/h5,12,15-17,19,22-25,28-31H,4,6-11,13-14,18,20-21H2,1-3H3,(H,39,40,42)/t25-,28-,29-,30-,31+/m0/s1. The summed E-state index contributed by atoms with van der Waals surface area (Å²) in [5.74, 6) is 1.59. The van der Waals surface area contributed by atoms with Crippen molar-refractivity contribution in [2.75, 3.05) is 31.7 Å². The quantitative estimate of drug-likeness (QED) is 0.139. The van der Waals surface area contributed by atoms with E-state index in [1.54, 1.807) is 23.4 Å². The van der Waals surface area contributed by atoms with Crippen LogP contribution in [0.5, 0.6) is 11.6 Å². The molecule has 13 nitrogen and oxygen atoms in total. The molecule has 4 aromatic rings. The first-order valence-electron chi connectivity index (χ1n) is 18.0. The molecule has 1 saturated carbocycles. The molecule has 1 N–H and O–H groups in total. The first-order valence-corrected chi connectivity index (χ1v) is 18.3. The van der Waals surface area contributed by atoms with Gasteiger partial charge in [-0.2, -0.15) is 5.10 Å². The van der Waals surface area contributed by atoms with E-state index in [1.165, 1.54) is 32.0 Å². The number of rotatable bonds is 15. The number of halogens is 1. The summed E-state index contributed by atoms with van der Waals surface area (Å²) in [7, 11) is 0. The van der Waals surface area contributed by atoms with Gasteiger partial charge in [0.25, 0.3) is 5.88 Å². The summed E-state index contributed by atoms with van der Waals surface area (Å²) in [6.45, 7) is 9.50. The Bertz CT molecular complexity index is 1640. The smallest absolute Gasteiger partial charge is 0.256 e. The fourth-order valence-corrected chi connectivity index (χ4v) is 7.62. The Morgan fingerprint density at radius 1 is 0.940 bits per heavy atom. The lowest BCUT2D eigenvalue weighted by Crippen LogP contribution is -2.52. The van der Waals surface area contributed by atoms with Crippen LogP contribution in [0.1, 0.15) is 71.8 Å². The molecule has 7 rings (SSSR count). The number of aromatic nitrogens is 7. The number of benzene rings is 1. The van der Waals surface area contributed by atoms with Crippen LogP contribution in [0, 0.1) is 0 Å². The van der Waals surface area contributed by atoms with Crippen molar-refractivity contribution >= 4 is 23.2 Å². The van der Waals surface area contributed by atoms with E-state index in [1.807, 2.05) is 45.2 Å². The summed E-state index contributed by atoms with van der Waals surface area (Å²) in [6, 6.07) is 7.80. The van der Waals surface area contributed by atoms with Gasteiger partial charge in [0.1, 0.15) is 30.2 Å². The summed E-state index contributed by atoms with van der Waals surface area (Å²) < 4.78 is 27.7. The number of nitrogens with one attached hydrogen (secondary N) is 1. The highest BCUT2D eigenvalue weighted by Gasteiger charge is 2.42. The third-order valence-corrected chi connectivity index (χ3v) is 10.1. The Morgan fingerprint density at radius 2 is 1.68 bits per heavy atom. The maximum absolute atomic E-state index is 6.49. The van der Waals surface area contributed by atoms with Gasteiger partial charge in [-0.15, -0.1) is 5.10 Å². The van der Waals surface area contributed by atoms with E-state index in [0.717, 1.165) is 49.3 Å². The molecule has 0 radical (unpaired) electrons. The second kappa shape index (κ2) is 16.1. The van der Waals surface area contributed by atoms with Gasteiger partial charge >= 0.3 is 0 Å². The predicted octanol–water partition coefficient (Wildman–Crippen LogP) is 6.34. The average Bonchev–Trinajstić information content (AvgIpc) is 3.84. The number of nitrogens with zero attached hydrogens (tertiary/aromatic N) is 8. The number of ether oxygens (including phenoxy) is 4. The monoisotopic (exact) mass is 705 g/mol. The highest BCUT2D eigenvalue weighted by atomic mass is 35.5. The van der Waals surface area contributed by atoms with Crippen LogP contribution in [0.2, 0.25) is 5.02 Å². The summed E-state index contributed by atoms with van der Waals surface area (Å²) >= 11 is 6.49. The number of hydrogen-bond donors (Lipinski definition) is 1. The van der Waals surface area contributed by atoms with Gasteiger partial charge in [-0.1, -0.05) is 17.7 Å². The van der Waals surface area contributed by atoms with Crippen molar-refractivity contribution in [2.24, 2.45) is 0 Å². The SMILES string of the molecule is CC(C)OCCCOc1nn([C@H]2CC[C@H](N3[C@@H]4CC[C@H]3COC4)CC2)cc1Nc1ncc(-c2ccc(Cl)c(O[C@@H](C)Cn3cncn3)c2)cn1. The molecule has 0 amide bonds. The van der Waals surface area contributed by atoms with Gasteiger partial charge in [-0.3, -0.25) is 9.58 Å². The van der Waals surface area contributed by atoms with Gasteiger partial charge in [0, 0.05) is 42.5 Å². The Labute approximate surface area is 298 Å². The lowest BCUT2D eigenvalue weighted by molar-refractivity contribution is -0.0458. The third-order valence-electron chi connectivity index (χ3n) is 9.84. The first-order chi connectivity index (χ1) is 24.4. The maximum atomic E-state index is 6.49. The molecule has 2 saturated heterocycles. The van der Waals surface area contributed by atoms with Crippen LogP contribution in [0.3, 0.4) is 0 Å². The number of morpholine rings is 1. The Balaban J connectivity index is 1.01. The molecule has 2 aliphatic heterocycles. The first kappa shape index (κ1) is 34.7. The molecule has 0 unspecified atom stereocenters. The van der Waals surface area contributed by atoms with E-state index >= 15 is 0 Å². The zero-order valence-corrected chi connectivity index (χ0v) is 29.9. The molecule has 3 atom stereocenters. The second-order valence-electron chi connectivity index (χ2n) is 13.9. The van der Waals surface area contributed by atoms with Gasteiger partial charge in [0.2, 0.25) is 5.95 Å². The molecule has 3 fully saturated rings. The van der Waals surface area contributed by atoms with E-state index in [2.05, 4.69) is 34.9 Å². The molecule has 50 heavy (non-hydrogen) atoms. The molecule has 5 heterocycles. The van der Waals surface area contributed by atoms with E-state index in [9.17, 15) is 0 Å². The molecule has 3 aliphatic rings. The summed E-state index contributed by atoms with van der Waals surface area (Å²) in [6.07, 6.45) is 16.6. The van der Waals surface area contributed by atoms with E-state index in [4.69, 9.17) is 35.6 Å². The number of hydrogen-bond acceptors (Lipinski definition) is 11. The van der Waals surface area contributed by atoms with Crippen LogP contribution in [-0.2, 0) is 16.0 Å². The molecule has 3 aromatic heterocycles. The molecule has 0 spiro atoms.